The van der Waals surface area contributed by atoms with Crippen LogP contribution in [0.15, 0.2) is 70.8 Å². The lowest BCUT2D eigenvalue weighted by Gasteiger charge is -2.04. The fraction of sp³-hybridized carbons (Fsp3) is 0.0833. The van der Waals surface area contributed by atoms with Crippen molar-refractivity contribution in [1.29, 1.82) is 5.26 Å². The monoisotopic (exact) mass is 460 g/mol. The standard InChI is InChI=1S/C24H17ClN4O4/c25-17-5-7-20(22(12-17)29(31)32)23-8-6-18(33-23)11-16(13-26)24(30)27-10-9-15-14-28-21-4-2-1-3-19(15)21/h1-8,11-12,14,28H,9-10H2,(H,27,30)/b16-11-. The molecular formula is C24H17ClN4O4. The minimum Gasteiger partial charge on any atom is -0.456 e. The van der Waals surface area contributed by atoms with Crippen LogP contribution in [0.3, 0.4) is 0 Å². The minimum atomic E-state index is -0.554. The molecule has 0 bridgehead atoms. The number of nitro groups is 1. The SMILES string of the molecule is N#C/C(=C/c1ccc(-c2ccc(Cl)cc2[N+](=O)[O-])o1)C(=O)NCCc1c[nH]c2ccccc12. The molecule has 0 spiro atoms. The van der Waals surface area contributed by atoms with Crippen molar-refractivity contribution in [3.63, 3.8) is 0 Å². The Hall–Kier alpha value is -4.35. The van der Waals surface area contributed by atoms with Gasteiger partial charge < -0.3 is 14.7 Å². The summed E-state index contributed by atoms with van der Waals surface area (Å²) >= 11 is 5.85. The minimum absolute atomic E-state index is 0.138. The molecule has 0 saturated carbocycles. The van der Waals surface area contributed by atoms with Gasteiger partial charge >= 0.3 is 0 Å². The fourth-order valence-electron chi connectivity index (χ4n) is 3.47. The van der Waals surface area contributed by atoms with Gasteiger partial charge in [0.15, 0.2) is 0 Å². The first-order chi connectivity index (χ1) is 16.0. The summed E-state index contributed by atoms with van der Waals surface area (Å²) in [6, 6.07) is 17.0. The Kier molecular flexibility index (Phi) is 6.24. The molecule has 0 radical (unpaired) electrons. The number of benzene rings is 2. The predicted molar refractivity (Wildman–Crippen MR) is 124 cm³/mol. The van der Waals surface area contributed by atoms with Gasteiger partial charge in [-0.1, -0.05) is 29.8 Å². The van der Waals surface area contributed by atoms with Crippen LogP contribution in [0.4, 0.5) is 5.69 Å². The second-order valence-electron chi connectivity index (χ2n) is 7.16. The number of nitrogens with one attached hydrogen (secondary N) is 2. The van der Waals surface area contributed by atoms with E-state index in [2.05, 4.69) is 10.3 Å². The van der Waals surface area contributed by atoms with Crippen LogP contribution in [-0.2, 0) is 11.2 Å². The number of hydrogen-bond donors (Lipinski definition) is 2. The van der Waals surface area contributed by atoms with Crippen molar-refractivity contribution in [2.45, 2.75) is 6.42 Å². The van der Waals surface area contributed by atoms with Crippen LogP contribution < -0.4 is 5.32 Å². The number of carbonyl (C=O) groups is 1. The van der Waals surface area contributed by atoms with Gasteiger partial charge in [-0.15, -0.1) is 0 Å². The second-order valence-corrected chi connectivity index (χ2v) is 7.59. The van der Waals surface area contributed by atoms with Crippen LogP contribution in [0.25, 0.3) is 28.3 Å². The number of furan rings is 1. The number of aromatic amines is 1. The molecule has 0 unspecified atom stereocenters. The van der Waals surface area contributed by atoms with Gasteiger partial charge in [0.2, 0.25) is 0 Å². The maximum Gasteiger partial charge on any atom is 0.281 e. The number of nitrogens with zero attached hydrogens (tertiary/aromatic N) is 2. The zero-order valence-corrected chi connectivity index (χ0v) is 17.9. The van der Waals surface area contributed by atoms with Crippen molar-refractivity contribution in [3.05, 3.63) is 92.8 Å². The van der Waals surface area contributed by atoms with Crippen LogP contribution in [-0.4, -0.2) is 22.4 Å². The largest absolute Gasteiger partial charge is 0.456 e. The molecule has 0 aliphatic carbocycles. The number of nitro benzene ring substituents is 1. The number of halogens is 1. The Balaban J connectivity index is 1.46. The second kappa shape index (κ2) is 9.42. The predicted octanol–water partition coefficient (Wildman–Crippen LogP) is 5.26. The Morgan fingerprint density at radius 1 is 1.24 bits per heavy atom. The van der Waals surface area contributed by atoms with Crippen molar-refractivity contribution >= 4 is 40.2 Å². The number of H-pyrrole nitrogens is 1. The van der Waals surface area contributed by atoms with E-state index in [1.54, 1.807) is 0 Å². The van der Waals surface area contributed by atoms with Crippen LogP contribution >= 0.6 is 11.6 Å². The quantitative estimate of drug-likeness (QED) is 0.168. The van der Waals surface area contributed by atoms with Crippen LogP contribution in [0.2, 0.25) is 5.02 Å². The molecule has 4 aromatic rings. The zero-order valence-electron chi connectivity index (χ0n) is 17.2. The number of hydrogen-bond acceptors (Lipinski definition) is 5. The average Bonchev–Trinajstić information content (AvgIpc) is 3.44. The lowest BCUT2D eigenvalue weighted by Crippen LogP contribution is -2.26. The van der Waals surface area contributed by atoms with Crippen LogP contribution in [0.5, 0.6) is 0 Å². The van der Waals surface area contributed by atoms with Crippen molar-refractivity contribution in [1.82, 2.24) is 10.3 Å². The number of aromatic nitrogens is 1. The number of nitriles is 1. The van der Waals surface area contributed by atoms with E-state index >= 15 is 0 Å². The van der Waals surface area contributed by atoms with Gasteiger partial charge in [0.1, 0.15) is 23.2 Å². The van der Waals surface area contributed by atoms with Crippen LogP contribution in [0, 0.1) is 21.4 Å². The molecule has 1 amide bonds. The van der Waals surface area contributed by atoms with E-state index in [0.717, 1.165) is 16.5 Å². The molecule has 0 aliphatic heterocycles. The van der Waals surface area contributed by atoms with E-state index in [-0.39, 0.29) is 33.4 Å². The highest BCUT2D eigenvalue weighted by Gasteiger charge is 2.19. The Morgan fingerprint density at radius 3 is 2.85 bits per heavy atom. The lowest BCUT2D eigenvalue weighted by atomic mass is 10.1. The van der Waals surface area contributed by atoms with E-state index in [4.69, 9.17) is 16.0 Å². The molecule has 33 heavy (non-hydrogen) atoms. The van der Waals surface area contributed by atoms with E-state index < -0.39 is 10.8 Å². The highest BCUT2D eigenvalue weighted by atomic mass is 35.5. The zero-order chi connectivity index (χ0) is 23.4. The summed E-state index contributed by atoms with van der Waals surface area (Å²) in [6.07, 6.45) is 3.80. The molecule has 164 valence electrons. The molecule has 2 heterocycles. The highest BCUT2D eigenvalue weighted by molar-refractivity contribution is 6.30. The summed E-state index contributed by atoms with van der Waals surface area (Å²) in [7, 11) is 0. The Morgan fingerprint density at radius 2 is 2.06 bits per heavy atom. The van der Waals surface area contributed by atoms with Gasteiger partial charge in [-0.05, 0) is 42.3 Å². The van der Waals surface area contributed by atoms with Gasteiger partial charge in [0, 0.05) is 40.8 Å². The number of rotatable bonds is 7. The summed E-state index contributed by atoms with van der Waals surface area (Å²) in [5.41, 5.74) is 1.98. The Bertz CT molecular complexity index is 1430. The molecule has 2 aromatic carbocycles. The lowest BCUT2D eigenvalue weighted by molar-refractivity contribution is -0.384. The third-order valence-electron chi connectivity index (χ3n) is 5.06. The molecule has 0 atom stereocenters. The fourth-order valence-corrected chi connectivity index (χ4v) is 3.64. The molecule has 8 nitrogen and oxygen atoms in total. The molecule has 9 heteroatoms. The van der Waals surface area contributed by atoms with Crippen molar-refractivity contribution in [2.24, 2.45) is 0 Å². The molecule has 2 aromatic heterocycles. The first kappa shape index (κ1) is 21.9. The number of para-hydroxylation sites is 1. The normalized spacial score (nSPS) is 11.3. The van der Waals surface area contributed by atoms with Gasteiger partial charge in [-0.25, -0.2) is 0 Å². The topological polar surface area (TPSA) is 125 Å². The van der Waals surface area contributed by atoms with E-state index in [0.29, 0.717) is 13.0 Å². The number of carbonyl (C=O) groups excluding carboxylic acids is 1. The van der Waals surface area contributed by atoms with E-state index in [1.807, 2.05) is 36.5 Å². The summed E-state index contributed by atoms with van der Waals surface area (Å²) in [6.45, 7) is 0.347. The molecule has 0 saturated heterocycles. The summed E-state index contributed by atoms with van der Waals surface area (Å²) in [5, 5.41) is 24.8. The van der Waals surface area contributed by atoms with Gasteiger partial charge in [0.25, 0.3) is 11.6 Å². The molecular weight excluding hydrogens is 444 g/mol. The third kappa shape index (κ3) is 4.79. The summed E-state index contributed by atoms with van der Waals surface area (Å²) in [4.78, 5) is 26.4. The van der Waals surface area contributed by atoms with Crippen molar-refractivity contribution in [3.8, 4) is 17.4 Å². The summed E-state index contributed by atoms with van der Waals surface area (Å²) in [5.74, 6) is -0.0907. The maximum atomic E-state index is 12.5. The van der Waals surface area contributed by atoms with Gasteiger partial charge in [0.05, 0.1) is 10.5 Å². The molecule has 4 rings (SSSR count). The maximum absolute atomic E-state index is 12.5. The van der Waals surface area contributed by atoms with Crippen LogP contribution in [0.1, 0.15) is 11.3 Å². The summed E-state index contributed by atoms with van der Waals surface area (Å²) < 4.78 is 5.64. The average molecular weight is 461 g/mol. The first-order valence-electron chi connectivity index (χ1n) is 9.95. The molecule has 2 N–H and O–H groups in total. The van der Waals surface area contributed by atoms with E-state index in [9.17, 15) is 20.2 Å². The first-order valence-corrected chi connectivity index (χ1v) is 10.3. The van der Waals surface area contributed by atoms with Crippen molar-refractivity contribution < 1.29 is 14.1 Å². The molecule has 0 fully saturated rings. The molecule has 0 aliphatic rings. The smallest absolute Gasteiger partial charge is 0.281 e. The van der Waals surface area contributed by atoms with Gasteiger partial charge in [-0.3, -0.25) is 14.9 Å². The van der Waals surface area contributed by atoms with Crippen molar-refractivity contribution in [2.75, 3.05) is 6.54 Å². The van der Waals surface area contributed by atoms with E-state index in [1.165, 1.54) is 36.4 Å². The number of amides is 1. The Labute approximate surface area is 193 Å². The van der Waals surface area contributed by atoms with Gasteiger partial charge in [-0.2, -0.15) is 5.26 Å². The third-order valence-corrected chi connectivity index (χ3v) is 5.29. The number of fused-ring (bicyclic) bond motifs is 1. The highest BCUT2D eigenvalue weighted by Crippen LogP contribution is 2.33.